The van der Waals surface area contributed by atoms with Crippen LogP contribution >= 0.6 is 0 Å². The molecule has 0 saturated heterocycles. The number of aryl methyl sites for hydroxylation is 2. The van der Waals surface area contributed by atoms with Gasteiger partial charge in [0.15, 0.2) is 0 Å². The first-order valence-electron chi connectivity index (χ1n) is 8.97. The van der Waals surface area contributed by atoms with Crippen LogP contribution in [-0.4, -0.2) is 0 Å². The highest BCUT2D eigenvalue weighted by Crippen LogP contribution is 2.25. The van der Waals surface area contributed by atoms with E-state index in [0.29, 0.717) is 12.1 Å². The van der Waals surface area contributed by atoms with Crippen molar-refractivity contribution >= 4 is 11.0 Å². The Morgan fingerprint density at radius 1 is 0.963 bits per heavy atom. The van der Waals surface area contributed by atoms with Crippen molar-refractivity contribution in [1.82, 2.24) is 5.32 Å². The molecule has 0 saturated carbocycles. The van der Waals surface area contributed by atoms with E-state index in [2.05, 4.69) is 30.4 Å². The van der Waals surface area contributed by atoms with E-state index in [0.717, 1.165) is 27.8 Å². The smallest absolute Gasteiger partial charge is 0.336 e. The third-order valence-corrected chi connectivity index (χ3v) is 4.90. The number of nitrogens with one attached hydrogen (secondary N) is 1. The number of hydrogen-bond donors (Lipinski definition) is 1. The first kappa shape index (κ1) is 17.3. The van der Waals surface area contributed by atoms with Crippen molar-refractivity contribution in [3.8, 4) is 0 Å². The third kappa shape index (κ3) is 3.57. The Kier molecular flexibility index (Phi) is 4.65. The van der Waals surface area contributed by atoms with Crippen LogP contribution in [0.5, 0.6) is 0 Å². The Hall–Kier alpha value is -3.11. The first-order chi connectivity index (χ1) is 13.1. The second kappa shape index (κ2) is 7.25. The molecule has 4 nitrogen and oxygen atoms in total. The minimum absolute atomic E-state index is 0.102. The maximum absolute atomic E-state index is 12.0. The molecule has 2 heterocycles. The fourth-order valence-electron chi connectivity index (χ4n) is 3.32. The summed E-state index contributed by atoms with van der Waals surface area (Å²) in [5.41, 5.74) is 4.58. The van der Waals surface area contributed by atoms with Crippen LogP contribution in [0.4, 0.5) is 0 Å². The van der Waals surface area contributed by atoms with Gasteiger partial charge in [-0.2, -0.15) is 0 Å². The molecule has 4 rings (SSSR count). The summed E-state index contributed by atoms with van der Waals surface area (Å²) >= 11 is 0. The van der Waals surface area contributed by atoms with E-state index in [4.69, 9.17) is 8.83 Å². The summed E-state index contributed by atoms with van der Waals surface area (Å²) in [6.07, 6.45) is 1.67. The Morgan fingerprint density at radius 2 is 1.74 bits per heavy atom. The predicted molar refractivity (Wildman–Crippen MR) is 106 cm³/mol. The molecule has 0 amide bonds. The highest BCUT2D eigenvalue weighted by molar-refractivity contribution is 5.81. The molecule has 1 atom stereocenters. The Morgan fingerprint density at radius 3 is 2.48 bits per heavy atom. The molecular weight excluding hydrogens is 338 g/mol. The Labute approximate surface area is 157 Å². The second-order valence-corrected chi connectivity index (χ2v) is 6.76. The zero-order chi connectivity index (χ0) is 18.8. The highest BCUT2D eigenvalue weighted by atomic mass is 16.4. The van der Waals surface area contributed by atoms with Crippen LogP contribution in [-0.2, 0) is 6.54 Å². The van der Waals surface area contributed by atoms with Crippen LogP contribution in [0.15, 0.2) is 80.6 Å². The van der Waals surface area contributed by atoms with Gasteiger partial charge in [-0.15, -0.1) is 0 Å². The van der Waals surface area contributed by atoms with E-state index in [-0.39, 0.29) is 11.7 Å². The molecule has 0 aliphatic rings. The van der Waals surface area contributed by atoms with E-state index in [1.807, 2.05) is 43.3 Å². The fraction of sp³-hybridized carbons (Fsp3) is 0.174. The lowest BCUT2D eigenvalue weighted by atomic mass is 10.0. The van der Waals surface area contributed by atoms with Gasteiger partial charge in [0.25, 0.3) is 0 Å². The van der Waals surface area contributed by atoms with E-state index in [9.17, 15) is 4.79 Å². The maximum Gasteiger partial charge on any atom is 0.336 e. The van der Waals surface area contributed by atoms with Crippen LogP contribution in [0.25, 0.3) is 11.0 Å². The summed E-state index contributed by atoms with van der Waals surface area (Å²) in [5.74, 6) is 0.834. The number of hydrogen-bond acceptors (Lipinski definition) is 4. The Balaban J connectivity index is 1.71. The van der Waals surface area contributed by atoms with Gasteiger partial charge in [0.2, 0.25) is 0 Å². The van der Waals surface area contributed by atoms with Crippen LogP contribution in [0.1, 0.15) is 34.1 Å². The zero-order valence-corrected chi connectivity index (χ0v) is 15.4. The van der Waals surface area contributed by atoms with Gasteiger partial charge >= 0.3 is 5.63 Å². The van der Waals surface area contributed by atoms with Gasteiger partial charge in [0, 0.05) is 18.0 Å². The quantitative estimate of drug-likeness (QED) is 0.516. The van der Waals surface area contributed by atoms with Crippen LogP contribution in [0.3, 0.4) is 0 Å². The SMILES string of the molecule is Cc1cc2oc(=O)cc(CN[C@H](c3ccccc3)c3ccco3)c2cc1C. The lowest BCUT2D eigenvalue weighted by Gasteiger charge is -2.18. The van der Waals surface area contributed by atoms with Gasteiger partial charge in [-0.1, -0.05) is 30.3 Å². The lowest BCUT2D eigenvalue weighted by Crippen LogP contribution is -2.22. The van der Waals surface area contributed by atoms with Crippen molar-refractivity contribution in [3.05, 3.63) is 105 Å². The molecule has 2 aromatic carbocycles. The summed E-state index contributed by atoms with van der Waals surface area (Å²) in [6, 6.07) is 19.4. The fourth-order valence-corrected chi connectivity index (χ4v) is 3.32. The number of rotatable bonds is 5. The molecule has 2 aromatic heterocycles. The van der Waals surface area contributed by atoms with Crippen molar-refractivity contribution in [3.63, 3.8) is 0 Å². The van der Waals surface area contributed by atoms with Gasteiger partial charge in [-0.25, -0.2) is 4.79 Å². The standard InChI is InChI=1S/C23H21NO3/c1-15-11-19-18(13-22(25)27-21(19)12-16(15)2)14-24-23(20-9-6-10-26-20)17-7-4-3-5-8-17/h3-13,23-24H,14H2,1-2H3/t23-/m1/s1. The molecule has 1 N–H and O–H groups in total. The van der Waals surface area contributed by atoms with E-state index in [1.54, 1.807) is 12.3 Å². The summed E-state index contributed by atoms with van der Waals surface area (Å²) < 4.78 is 11.0. The van der Waals surface area contributed by atoms with Crippen molar-refractivity contribution in [2.24, 2.45) is 0 Å². The molecule has 0 aliphatic heterocycles. The van der Waals surface area contributed by atoms with Crippen molar-refractivity contribution in [2.75, 3.05) is 0 Å². The zero-order valence-electron chi connectivity index (χ0n) is 15.4. The molecule has 27 heavy (non-hydrogen) atoms. The molecule has 0 radical (unpaired) electrons. The number of furan rings is 1. The topological polar surface area (TPSA) is 55.4 Å². The molecule has 0 spiro atoms. The number of benzene rings is 2. The van der Waals surface area contributed by atoms with Crippen molar-refractivity contribution < 1.29 is 8.83 Å². The highest BCUT2D eigenvalue weighted by Gasteiger charge is 2.17. The molecule has 4 aromatic rings. The van der Waals surface area contributed by atoms with Gasteiger partial charge in [-0.05, 0) is 60.4 Å². The summed E-state index contributed by atoms with van der Waals surface area (Å²) in [5, 5.41) is 4.49. The summed E-state index contributed by atoms with van der Waals surface area (Å²) in [4.78, 5) is 12.0. The molecule has 0 unspecified atom stereocenters. The van der Waals surface area contributed by atoms with Gasteiger partial charge in [0.05, 0.1) is 12.3 Å². The predicted octanol–water partition coefficient (Wildman–Crippen LogP) is 4.88. The Bertz CT molecular complexity index is 1110. The first-order valence-corrected chi connectivity index (χ1v) is 8.97. The third-order valence-electron chi connectivity index (χ3n) is 4.90. The number of fused-ring (bicyclic) bond motifs is 1. The van der Waals surface area contributed by atoms with Gasteiger partial charge in [-0.3, -0.25) is 5.32 Å². The van der Waals surface area contributed by atoms with Gasteiger partial charge < -0.3 is 8.83 Å². The molecule has 4 heteroatoms. The second-order valence-electron chi connectivity index (χ2n) is 6.76. The largest absolute Gasteiger partial charge is 0.467 e. The average Bonchev–Trinajstić information content (AvgIpc) is 3.19. The lowest BCUT2D eigenvalue weighted by molar-refractivity contribution is 0.445. The van der Waals surface area contributed by atoms with Crippen LogP contribution in [0.2, 0.25) is 0 Å². The normalized spacial score (nSPS) is 12.4. The van der Waals surface area contributed by atoms with E-state index in [1.165, 1.54) is 5.56 Å². The molecule has 0 fully saturated rings. The summed E-state index contributed by atoms with van der Waals surface area (Å²) in [6.45, 7) is 4.60. The van der Waals surface area contributed by atoms with Crippen LogP contribution < -0.4 is 10.9 Å². The van der Waals surface area contributed by atoms with E-state index < -0.39 is 0 Å². The molecule has 0 bridgehead atoms. The summed E-state index contributed by atoms with van der Waals surface area (Å²) in [7, 11) is 0. The van der Waals surface area contributed by atoms with E-state index >= 15 is 0 Å². The van der Waals surface area contributed by atoms with Crippen molar-refractivity contribution in [1.29, 1.82) is 0 Å². The van der Waals surface area contributed by atoms with Crippen molar-refractivity contribution in [2.45, 2.75) is 26.4 Å². The maximum atomic E-state index is 12.0. The molecular formula is C23H21NO3. The minimum atomic E-state index is -0.336. The average molecular weight is 359 g/mol. The monoisotopic (exact) mass is 359 g/mol. The molecule has 0 aliphatic carbocycles. The van der Waals surface area contributed by atoms with Gasteiger partial charge in [0.1, 0.15) is 11.3 Å². The molecule has 136 valence electrons. The van der Waals surface area contributed by atoms with Crippen LogP contribution in [0, 0.1) is 13.8 Å². The minimum Gasteiger partial charge on any atom is -0.467 e.